The lowest BCUT2D eigenvalue weighted by atomic mass is 10.2. The van der Waals surface area contributed by atoms with Crippen molar-refractivity contribution in [3.05, 3.63) is 58.6 Å². The molecule has 2 aromatic carbocycles. The van der Waals surface area contributed by atoms with Crippen LogP contribution in [0.2, 0.25) is 0 Å². The molecule has 0 saturated heterocycles. The van der Waals surface area contributed by atoms with Crippen LogP contribution in [0.15, 0.2) is 53.0 Å². The first-order valence-electron chi connectivity index (χ1n) is 5.86. The summed E-state index contributed by atoms with van der Waals surface area (Å²) in [7, 11) is 0. The number of tetrazole rings is 1. The molecule has 5 heteroatoms. The van der Waals surface area contributed by atoms with Crippen LogP contribution in [0.25, 0.3) is 17.1 Å². The van der Waals surface area contributed by atoms with E-state index in [0.29, 0.717) is 0 Å². The summed E-state index contributed by atoms with van der Waals surface area (Å²) in [4.78, 5) is 0. The van der Waals surface area contributed by atoms with E-state index in [9.17, 15) is 0 Å². The summed E-state index contributed by atoms with van der Waals surface area (Å²) >= 11 is 3.53. The maximum absolute atomic E-state index is 4.10. The van der Waals surface area contributed by atoms with E-state index < -0.39 is 0 Å². The van der Waals surface area contributed by atoms with Gasteiger partial charge in [0.15, 0.2) is 5.82 Å². The quantitative estimate of drug-likeness (QED) is 0.728. The Balaban J connectivity index is 2.12. The molecule has 0 aliphatic heterocycles. The zero-order valence-electron chi connectivity index (χ0n) is 10.3. The van der Waals surface area contributed by atoms with E-state index in [1.54, 1.807) is 4.68 Å². The highest BCUT2D eigenvalue weighted by Crippen LogP contribution is 2.23. The molecule has 0 fully saturated rings. The summed E-state index contributed by atoms with van der Waals surface area (Å²) in [6, 6.07) is 16.0. The minimum atomic E-state index is 0.733. The van der Waals surface area contributed by atoms with Crippen LogP contribution in [0.3, 0.4) is 0 Å². The Morgan fingerprint density at radius 2 is 1.84 bits per heavy atom. The fraction of sp³-hybridized carbons (Fsp3) is 0.0714. The van der Waals surface area contributed by atoms with Crippen molar-refractivity contribution in [2.75, 3.05) is 0 Å². The van der Waals surface area contributed by atoms with E-state index in [1.165, 1.54) is 5.56 Å². The molecule has 0 atom stereocenters. The van der Waals surface area contributed by atoms with Gasteiger partial charge in [-0.15, -0.1) is 5.10 Å². The molecular formula is C14H11BrN4. The number of hydrogen-bond donors (Lipinski definition) is 0. The van der Waals surface area contributed by atoms with Crippen LogP contribution in [0.4, 0.5) is 0 Å². The largest absolute Gasteiger partial charge is 0.193 e. The highest BCUT2D eigenvalue weighted by atomic mass is 79.9. The van der Waals surface area contributed by atoms with Crippen molar-refractivity contribution in [1.29, 1.82) is 0 Å². The summed E-state index contributed by atoms with van der Waals surface area (Å²) in [6.07, 6.45) is 0. The van der Waals surface area contributed by atoms with E-state index in [1.807, 2.05) is 55.5 Å². The monoisotopic (exact) mass is 314 g/mol. The highest BCUT2D eigenvalue weighted by Gasteiger charge is 2.10. The number of halogens is 1. The molecule has 0 radical (unpaired) electrons. The van der Waals surface area contributed by atoms with Gasteiger partial charge in [0.05, 0.1) is 5.69 Å². The Kier molecular flexibility index (Phi) is 3.13. The van der Waals surface area contributed by atoms with Crippen LogP contribution in [0, 0.1) is 6.92 Å². The third kappa shape index (κ3) is 2.29. The zero-order valence-corrected chi connectivity index (χ0v) is 11.9. The third-order valence-corrected chi connectivity index (χ3v) is 3.76. The number of aryl methyl sites for hydroxylation is 1. The smallest absolute Gasteiger partial charge is 0.187 e. The maximum Gasteiger partial charge on any atom is 0.187 e. The summed E-state index contributed by atoms with van der Waals surface area (Å²) in [6.45, 7) is 2.05. The van der Waals surface area contributed by atoms with Crippen LogP contribution in [0.1, 0.15) is 5.56 Å². The lowest BCUT2D eigenvalue weighted by Crippen LogP contribution is -2.00. The molecule has 0 amide bonds. The molecule has 0 aliphatic carbocycles. The summed E-state index contributed by atoms with van der Waals surface area (Å²) in [5, 5.41) is 11.9. The molecule has 0 spiro atoms. The molecule has 19 heavy (non-hydrogen) atoms. The highest BCUT2D eigenvalue weighted by molar-refractivity contribution is 9.10. The Morgan fingerprint density at radius 3 is 2.58 bits per heavy atom. The van der Waals surface area contributed by atoms with Crippen LogP contribution < -0.4 is 0 Å². The Hall–Kier alpha value is -2.01. The van der Waals surface area contributed by atoms with Crippen molar-refractivity contribution < 1.29 is 0 Å². The van der Waals surface area contributed by atoms with E-state index in [-0.39, 0.29) is 0 Å². The summed E-state index contributed by atoms with van der Waals surface area (Å²) < 4.78 is 2.78. The Bertz CT molecular complexity index is 706. The molecular weight excluding hydrogens is 304 g/mol. The first kappa shape index (κ1) is 12.0. The fourth-order valence-electron chi connectivity index (χ4n) is 1.84. The Labute approximate surface area is 119 Å². The second-order valence-electron chi connectivity index (χ2n) is 4.21. The summed E-state index contributed by atoms with van der Waals surface area (Å²) in [5.74, 6) is 0.733. The van der Waals surface area contributed by atoms with Gasteiger partial charge in [-0.2, -0.15) is 4.68 Å². The standard InChI is InChI=1S/C14H11BrN4/c1-10-7-8-12(9-13(10)15)19-14(16-17-18-19)11-5-3-2-4-6-11/h2-9H,1H3. The van der Waals surface area contributed by atoms with Crippen molar-refractivity contribution in [2.24, 2.45) is 0 Å². The van der Waals surface area contributed by atoms with Gasteiger partial charge >= 0.3 is 0 Å². The predicted molar refractivity (Wildman–Crippen MR) is 77.0 cm³/mol. The molecule has 0 unspecified atom stereocenters. The average Bonchev–Trinajstić information content (AvgIpc) is 2.92. The normalized spacial score (nSPS) is 10.6. The lowest BCUT2D eigenvalue weighted by molar-refractivity contribution is 0.790. The van der Waals surface area contributed by atoms with Crippen LogP contribution in [0.5, 0.6) is 0 Å². The predicted octanol–water partition coefficient (Wildman–Crippen LogP) is 3.40. The van der Waals surface area contributed by atoms with Gasteiger partial charge in [0.1, 0.15) is 0 Å². The van der Waals surface area contributed by atoms with E-state index in [2.05, 4.69) is 31.5 Å². The molecule has 0 aliphatic rings. The van der Waals surface area contributed by atoms with E-state index in [0.717, 1.165) is 21.5 Å². The van der Waals surface area contributed by atoms with Gasteiger partial charge in [0.2, 0.25) is 0 Å². The molecule has 94 valence electrons. The molecule has 4 nitrogen and oxygen atoms in total. The van der Waals surface area contributed by atoms with Gasteiger partial charge < -0.3 is 0 Å². The van der Waals surface area contributed by atoms with Gasteiger partial charge in [-0.05, 0) is 35.0 Å². The molecule has 0 N–H and O–H groups in total. The van der Waals surface area contributed by atoms with Crippen molar-refractivity contribution >= 4 is 15.9 Å². The number of rotatable bonds is 2. The third-order valence-electron chi connectivity index (χ3n) is 2.90. The summed E-state index contributed by atoms with van der Waals surface area (Å²) in [5.41, 5.74) is 3.10. The van der Waals surface area contributed by atoms with Gasteiger partial charge in [-0.3, -0.25) is 0 Å². The first-order chi connectivity index (χ1) is 9.25. The minimum absolute atomic E-state index is 0.733. The molecule has 0 saturated carbocycles. The van der Waals surface area contributed by atoms with Crippen molar-refractivity contribution in [3.8, 4) is 17.1 Å². The van der Waals surface area contributed by atoms with E-state index >= 15 is 0 Å². The lowest BCUT2D eigenvalue weighted by Gasteiger charge is -2.06. The van der Waals surface area contributed by atoms with Gasteiger partial charge in [-0.25, -0.2) is 0 Å². The second-order valence-corrected chi connectivity index (χ2v) is 5.07. The van der Waals surface area contributed by atoms with Gasteiger partial charge in [0.25, 0.3) is 0 Å². The molecule has 1 aromatic heterocycles. The maximum atomic E-state index is 4.10. The van der Waals surface area contributed by atoms with Gasteiger partial charge in [-0.1, -0.05) is 52.3 Å². The molecule has 3 aromatic rings. The van der Waals surface area contributed by atoms with Crippen LogP contribution >= 0.6 is 15.9 Å². The molecule has 0 bridgehead atoms. The Morgan fingerprint density at radius 1 is 1.05 bits per heavy atom. The minimum Gasteiger partial charge on any atom is -0.193 e. The van der Waals surface area contributed by atoms with Gasteiger partial charge in [0, 0.05) is 10.0 Å². The van der Waals surface area contributed by atoms with Crippen molar-refractivity contribution in [2.45, 2.75) is 6.92 Å². The fourth-order valence-corrected chi connectivity index (χ4v) is 2.21. The van der Waals surface area contributed by atoms with Crippen molar-refractivity contribution in [3.63, 3.8) is 0 Å². The average molecular weight is 315 g/mol. The van der Waals surface area contributed by atoms with E-state index in [4.69, 9.17) is 0 Å². The topological polar surface area (TPSA) is 43.6 Å². The van der Waals surface area contributed by atoms with Crippen LogP contribution in [-0.4, -0.2) is 20.2 Å². The SMILES string of the molecule is Cc1ccc(-n2nnnc2-c2ccccc2)cc1Br. The zero-order chi connectivity index (χ0) is 13.2. The number of aromatic nitrogens is 4. The molecule has 3 rings (SSSR count). The number of benzene rings is 2. The second kappa shape index (κ2) is 4.93. The number of hydrogen-bond acceptors (Lipinski definition) is 3. The molecule has 1 heterocycles. The number of nitrogens with zero attached hydrogens (tertiary/aromatic N) is 4. The van der Waals surface area contributed by atoms with Crippen molar-refractivity contribution in [1.82, 2.24) is 20.2 Å². The first-order valence-corrected chi connectivity index (χ1v) is 6.65. The van der Waals surface area contributed by atoms with Crippen LogP contribution in [-0.2, 0) is 0 Å².